The molecular formula is C18H30N2O. The van der Waals surface area contributed by atoms with Gasteiger partial charge in [0.2, 0.25) is 0 Å². The van der Waals surface area contributed by atoms with Crippen molar-refractivity contribution >= 4 is 5.69 Å². The molecule has 1 atom stereocenters. The van der Waals surface area contributed by atoms with Crippen molar-refractivity contribution in [3.8, 4) is 0 Å². The summed E-state index contributed by atoms with van der Waals surface area (Å²) >= 11 is 0. The Kier molecular flexibility index (Phi) is 6.52. The van der Waals surface area contributed by atoms with E-state index in [4.69, 9.17) is 4.74 Å². The molecule has 3 nitrogen and oxygen atoms in total. The van der Waals surface area contributed by atoms with E-state index in [1.165, 1.54) is 42.6 Å². The van der Waals surface area contributed by atoms with Gasteiger partial charge < -0.3 is 15.0 Å². The lowest BCUT2D eigenvalue weighted by Gasteiger charge is -2.35. The summed E-state index contributed by atoms with van der Waals surface area (Å²) in [6, 6.07) is 6.90. The van der Waals surface area contributed by atoms with E-state index in [0.717, 1.165) is 26.2 Å². The van der Waals surface area contributed by atoms with Crippen LogP contribution < -0.4 is 10.2 Å². The minimum atomic E-state index is 0.675. The van der Waals surface area contributed by atoms with Crippen LogP contribution in [0.4, 0.5) is 5.69 Å². The molecule has 0 aliphatic carbocycles. The zero-order valence-corrected chi connectivity index (χ0v) is 13.8. The molecule has 1 aromatic carbocycles. The van der Waals surface area contributed by atoms with E-state index in [0.29, 0.717) is 5.92 Å². The number of piperidine rings is 1. The average Bonchev–Trinajstić information content (AvgIpc) is 2.48. The molecule has 118 valence electrons. The molecule has 1 aliphatic heterocycles. The Balaban J connectivity index is 1.99. The number of methoxy groups -OCH3 is 1. The fourth-order valence-corrected chi connectivity index (χ4v) is 3.25. The molecule has 1 N–H and O–H groups in total. The molecule has 1 unspecified atom stereocenters. The Bertz CT molecular complexity index is 431. The summed E-state index contributed by atoms with van der Waals surface area (Å²) in [5.41, 5.74) is 4.18. The van der Waals surface area contributed by atoms with Crippen LogP contribution in [-0.4, -0.2) is 33.4 Å². The van der Waals surface area contributed by atoms with Crippen LogP contribution in [0.15, 0.2) is 18.2 Å². The van der Waals surface area contributed by atoms with Crippen LogP contribution in [0.25, 0.3) is 0 Å². The number of nitrogens with zero attached hydrogens (tertiary/aromatic N) is 1. The van der Waals surface area contributed by atoms with Crippen molar-refractivity contribution in [3.63, 3.8) is 0 Å². The zero-order valence-electron chi connectivity index (χ0n) is 13.8. The molecule has 0 spiro atoms. The number of hydrogen-bond acceptors (Lipinski definition) is 3. The maximum absolute atomic E-state index is 5.33. The van der Waals surface area contributed by atoms with Crippen molar-refractivity contribution in [2.24, 2.45) is 5.92 Å². The van der Waals surface area contributed by atoms with Crippen LogP contribution >= 0.6 is 0 Å². The lowest BCUT2D eigenvalue weighted by atomic mass is 9.97. The molecule has 0 saturated carbocycles. The molecule has 0 aromatic heterocycles. The Morgan fingerprint density at radius 2 is 2.24 bits per heavy atom. The van der Waals surface area contributed by atoms with Gasteiger partial charge in [-0.2, -0.15) is 0 Å². The van der Waals surface area contributed by atoms with Gasteiger partial charge in [-0.1, -0.05) is 19.1 Å². The predicted molar refractivity (Wildman–Crippen MR) is 90.0 cm³/mol. The molecule has 1 aliphatic rings. The van der Waals surface area contributed by atoms with Gasteiger partial charge in [-0.15, -0.1) is 0 Å². The van der Waals surface area contributed by atoms with Gasteiger partial charge in [-0.25, -0.2) is 0 Å². The van der Waals surface area contributed by atoms with Crippen molar-refractivity contribution in [2.75, 3.05) is 38.3 Å². The van der Waals surface area contributed by atoms with Gasteiger partial charge in [0.25, 0.3) is 0 Å². The summed E-state index contributed by atoms with van der Waals surface area (Å²) < 4.78 is 5.33. The number of hydrogen-bond donors (Lipinski definition) is 1. The SMILES string of the molecule is CCCNCc1ccc(N2CCCC(COC)C2)c(C)c1. The zero-order chi connectivity index (χ0) is 15.1. The third kappa shape index (κ3) is 4.72. The van der Waals surface area contributed by atoms with Crippen molar-refractivity contribution in [2.45, 2.75) is 39.7 Å². The van der Waals surface area contributed by atoms with Crippen LogP contribution in [0, 0.1) is 12.8 Å². The molecule has 1 heterocycles. The van der Waals surface area contributed by atoms with Gasteiger partial charge in [-0.3, -0.25) is 0 Å². The molecule has 0 amide bonds. The maximum atomic E-state index is 5.33. The number of rotatable bonds is 7. The van der Waals surface area contributed by atoms with E-state index in [9.17, 15) is 0 Å². The normalized spacial score (nSPS) is 19.0. The number of anilines is 1. The summed E-state index contributed by atoms with van der Waals surface area (Å²) in [5, 5.41) is 3.47. The smallest absolute Gasteiger partial charge is 0.0507 e. The molecule has 1 saturated heterocycles. The summed E-state index contributed by atoms with van der Waals surface area (Å²) in [4.78, 5) is 2.53. The molecule has 21 heavy (non-hydrogen) atoms. The first-order chi connectivity index (χ1) is 10.2. The molecule has 3 heteroatoms. The van der Waals surface area contributed by atoms with Crippen molar-refractivity contribution in [1.82, 2.24) is 5.32 Å². The van der Waals surface area contributed by atoms with Crippen LogP contribution in [0.5, 0.6) is 0 Å². The fraction of sp³-hybridized carbons (Fsp3) is 0.667. The summed E-state index contributed by atoms with van der Waals surface area (Å²) in [5.74, 6) is 0.675. The Hall–Kier alpha value is -1.06. The Morgan fingerprint density at radius 1 is 1.38 bits per heavy atom. The van der Waals surface area contributed by atoms with Gasteiger partial charge in [-0.05, 0) is 55.8 Å². The third-order valence-corrected chi connectivity index (χ3v) is 4.28. The van der Waals surface area contributed by atoms with Crippen LogP contribution in [0.1, 0.15) is 37.3 Å². The quantitative estimate of drug-likeness (QED) is 0.779. The fourth-order valence-electron chi connectivity index (χ4n) is 3.25. The Labute approximate surface area is 129 Å². The number of benzene rings is 1. The molecule has 0 radical (unpaired) electrons. The van der Waals surface area contributed by atoms with Gasteiger partial charge in [0.1, 0.15) is 0 Å². The minimum Gasteiger partial charge on any atom is -0.384 e. The summed E-state index contributed by atoms with van der Waals surface area (Å²) in [6.45, 7) is 9.69. The highest BCUT2D eigenvalue weighted by Crippen LogP contribution is 2.27. The first-order valence-electron chi connectivity index (χ1n) is 8.28. The minimum absolute atomic E-state index is 0.675. The second kappa shape index (κ2) is 8.40. The monoisotopic (exact) mass is 290 g/mol. The van der Waals surface area contributed by atoms with Crippen LogP contribution in [0.3, 0.4) is 0 Å². The van der Waals surface area contributed by atoms with E-state index in [-0.39, 0.29) is 0 Å². The molecule has 2 rings (SSSR count). The summed E-state index contributed by atoms with van der Waals surface area (Å²) in [7, 11) is 1.81. The molecule has 1 fully saturated rings. The molecule has 1 aromatic rings. The number of ether oxygens (including phenoxy) is 1. The first kappa shape index (κ1) is 16.3. The van der Waals surface area contributed by atoms with Gasteiger partial charge in [0.05, 0.1) is 6.61 Å². The topological polar surface area (TPSA) is 24.5 Å². The Morgan fingerprint density at radius 3 is 2.95 bits per heavy atom. The predicted octanol–water partition coefficient (Wildman–Crippen LogP) is 3.36. The van der Waals surface area contributed by atoms with Crippen LogP contribution in [-0.2, 0) is 11.3 Å². The van der Waals surface area contributed by atoms with E-state index in [2.05, 4.69) is 42.3 Å². The maximum Gasteiger partial charge on any atom is 0.0507 e. The van der Waals surface area contributed by atoms with Crippen molar-refractivity contribution in [3.05, 3.63) is 29.3 Å². The molecule has 0 bridgehead atoms. The third-order valence-electron chi connectivity index (χ3n) is 4.28. The lowest BCUT2D eigenvalue weighted by Crippen LogP contribution is -2.37. The standard InChI is InChI=1S/C18H30N2O/c1-4-9-19-12-16-7-8-18(15(2)11-16)20-10-5-6-17(13-20)14-21-3/h7-8,11,17,19H,4-6,9-10,12-14H2,1-3H3. The second-order valence-corrected chi connectivity index (χ2v) is 6.21. The van der Waals surface area contributed by atoms with E-state index in [1.807, 2.05) is 7.11 Å². The van der Waals surface area contributed by atoms with Gasteiger partial charge in [0.15, 0.2) is 0 Å². The molecular weight excluding hydrogens is 260 g/mol. The van der Waals surface area contributed by atoms with Crippen molar-refractivity contribution < 1.29 is 4.74 Å². The number of aryl methyl sites for hydroxylation is 1. The van der Waals surface area contributed by atoms with Gasteiger partial charge in [0, 0.05) is 32.4 Å². The highest BCUT2D eigenvalue weighted by atomic mass is 16.5. The first-order valence-corrected chi connectivity index (χ1v) is 8.28. The summed E-state index contributed by atoms with van der Waals surface area (Å²) in [6.07, 6.45) is 3.75. The van der Waals surface area contributed by atoms with Crippen LogP contribution in [0.2, 0.25) is 0 Å². The van der Waals surface area contributed by atoms with E-state index in [1.54, 1.807) is 0 Å². The second-order valence-electron chi connectivity index (χ2n) is 6.21. The average molecular weight is 290 g/mol. The highest BCUT2D eigenvalue weighted by molar-refractivity contribution is 5.54. The number of nitrogens with one attached hydrogen (secondary N) is 1. The van der Waals surface area contributed by atoms with E-state index < -0.39 is 0 Å². The largest absolute Gasteiger partial charge is 0.384 e. The van der Waals surface area contributed by atoms with Gasteiger partial charge >= 0.3 is 0 Å². The van der Waals surface area contributed by atoms with E-state index >= 15 is 0 Å². The lowest BCUT2D eigenvalue weighted by molar-refractivity contribution is 0.143. The highest BCUT2D eigenvalue weighted by Gasteiger charge is 2.21. The van der Waals surface area contributed by atoms with Crippen molar-refractivity contribution in [1.29, 1.82) is 0 Å².